The predicted molar refractivity (Wildman–Crippen MR) is 70.0 cm³/mol. The fourth-order valence-electron chi connectivity index (χ4n) is 2.00. The molecule has 1 nitrogen and oxygen atoms in total. The van der Waals surface area contributed by atoms with E-state index in [9.17, 15) is 0 Å². The maximum Gasteiger partial charge on any atom is 0.0366 e. The normalized spacial score (nSPS) is 17.5. The summed E-state index contributed by atoms with van der Waals surface area (Å²) in [5.41, 5.74) is 3.15. The fraction of sp³-hybridized carbons (Fsp3) is 0.538. The summed E-state index contributed by atoms with van der Waals surface area (Å²) < 4.78 is 0. The topological polar surface area (TPSA) is 3.24 Å². The Kier molecular flexibility index (Phi) is 2.96. The molecule has 0 atom stereocenters. The summed E-state index contributed by atoms with van der Waals surface area (Å²) in [7, 11) is 2.18. The molecule has 0 amide bonds. The van der Waals surface area contributed by atoms with Crippen molar-refractivity contribution in [1.82, 2.24) is 0 Å². The molecule has 0 bridgehead atoms. The second kappa shape index (κ2) is 4.09. The molecule has 82 valence electrons. The molecular weight excluding hydrogens is 202 g/mol. The molecule has 0 aromatic heterocycles. The molecule has 0 N–H and O–H groups in total. The standard InChI is InChI=1S/C13H19NS/c1-11-4-3-5-12(8-11)14(2)9-13(10-15)6-7-13/h3-5,8,15H,6-7,9-10H2,1-2H3. The van der Waals surface area contributed by atoms with Gasteiger partial charge in [0.15, 0.2) is 0 Å². The number of aryl methyl sites for hydroxylation is 1. The first-order chi connectivity index (χ1) is 7.15. The quantitative estimate of drug-likeness (QED) is 0.764. The van der Waals surface area contributed by atoms with E-state index in [0.29, 0.717) is 5.41 Å². The number of hydrogen-bond donors (Lipinski definition) is 1. The van der Waals surface area contributed by atoms with Crippen LogP contribution in [0.2, 0.25) is 0 Å². The zero-order valence-electron chi connectivity index (χ0n) is 9.53. The molecule has 0 saturated heterocycles. The van der Waals surface area contributed by atoms with Crippen molar-refractivity contribution < 1.29 is 0 Å². The van der Waals surface area contributed by atoms with E-state index in [1.54, 1.807) is 0 Å². The van der Waals surface area contributed by atoms with Gasteiger partial charge < -0.3 is 4.90 Å². The lowest BCUT2D eigenvalue weighted by atomic mass is 10.1. The summed E-state index contributed by atoms with van der Waals surface area (Å²) in [5, 5.41) is 0. The molecule has 0 unspecified atom stereocenters. The van der Waals surface area contributed by atoms with Gasteiger partial charge in [0, 0.05) is 19.3 Å². The average molecular weight is 221 g/mol. The minimum atomic E-state index is 0.502. The van der Waals surface area contributed by atoms with Crippen molar-refractivity contribution in [3.63, 3.8) is 0 Å². The van der Waals surface area contributed by atoms with Crippen LogP contribution in [0, 0.1) is 12.3 Å². The van der Waals surface area contributed by atoms with Crippen molar-refractivity contribution in [3.05, 3.63) is 29.8 Å². The van der Waals surface area contributed by atoms with E-state index in [4.69, 9.17) is 0 Å². The van der Waals surface area contributed by atoms with Crippen LogP contribution in [0.4, 0.5) is 5.69 Å². The molecule has 1 saturated carbocycles. The third-order valence-corrected chi connectivity index (χ3v) is 3.98. The Morgan fingerprint density at radius 2 is 2.13 bits per heavy atom. The Morgan fingerprint density at radius 3 is 2.67 bits per heavy atom. The Hall–Kier alpha value is -0.630. The van der Waals surface area contributed by atoms with Crippen molar-refractivity contribution in [2.24, 2.45) is 5.41 Å². The number of benzene rings is 1. The molecule has 1 aliphatic rings. The molecular formula is C13H19NS. The minimum absolute atomic E-state index is 0.502. The predicted octanol–water partition coefficient (Wildman–Crippen LogP) is 3.14. The monoisotopic (exact) mass is 221 g/mol. The Morgan fingerprint density at radius 1 is 1.40 bits per heavy atom. The van der Waals surface area contributed by atoms with Gasteiger partial charge in [-0.2, -0.15) is 12.6 Å². The van der Waals surface area contributed by atoms with Crippen LogP contribution >= 0.6 is 12.6 Å². The highest BCUT2D eigenvalue weighted by atomic mass is 32.1. The fourth-order valence-corrected chi connectivity index (χ4v) is 2.42. The molecule has 1 aliphatic carbocycles. The van der Waals surface area contributed by atoms with Crippen LogP contribution in [0.1, 0.15) is 18.4 Å². The number of rotatable bonds is 4. The molecule has 0 heterocycles. The van der Waals surface area contributed by atoms with E-state index in [-0.39, 0.29) is 0 Å². The first-order valence-corrected chi connectivity index (χ1v) is 6.17. The summed E-state index contributed by atoms with van der Waals surface area (Å²) in [4.78, 5) is 2.36. The van der Waals surface area contributed by atoms with Crippen LogP contribution in [0.25, 0.3) is 0 Å². The summed E-state index contributed by atoms with van der Waals surface area (Å²) >= 11 is 4.44. The van der Waals surface area contributed by atoms with Crippen LogP contribution in [0.15, 0.2) is 24.3 Å². The van der Waals surface area contributed by atoms with E-state index >= 15 is 0 Å². The van der Waals surface area contributed by atoms with E-state index in [2.05, 4.69) is 55.8 Å². The largest absolute Gasteiger partial charge is 0.374 e. The summed E-state index contributed by atoms with van der Waals surface area (Å²) in [6, 6.07) is 8.69. The van der Waals surface area contributed by atoms with Crippen molar-refractivity contribution in [3.8, 4) is 0 Å². The number of anilines is 1. The van der Waals surface area contributed by atoms with Gasteiger partial charge in [-0.05, 0) is 48.6 Å². The van der Waals surface area contributed by atoms with Crippen molar-refractivity contribution in [2.75, 3.05) is 24.2 Å². The maximum atomic E-state index is 4.44. The van der Waals surface area contributed by atoms with Gasteiger partial charge in [-0.15, -0.1) is 0 Å². The summed E-state index contributed by atoms with van der Waals surface area (Å²) in [5.74, 6) is 1.02. The smallest absolute Gasteiger partial charge is 0.0366 e. The highest BCUT2D eigenvalue weighted by Gasteiger charge is 2.42. The van der Waals surface area contributed by atoms with Gasteiger partial charge in [0.1, 0.15) is 0 Å². The molecule has 1 fully saturated rings. The van der Waals surface area contributed by atoms with Crippen molar-refractivity contribution in [1.29, 1.82) is 0 Å². The Labute approximate surface area is 97.9 Å². The first-order valence-electron chi connectivity index (χ1n) is 5.54. The lowest BCUT2D eigenvalue weighted by molar-refractivity contribution is 0.581. The minimum Gasteiger partial charge on any atom is -0.374 e. The van der Waals surface area contributed by atoms with Gasteiger partial charge in [-0.3, -0.25) is 0 Å². The lowest BCUT2D eigenvalue weighted by Crippen LogP contribution is -2.27. The second-order valence-corrected chi connectivity index (χ2v) is 5.17. The highest BCUT2D eigenvalue weighted by molar-refractivity contribution is 7.80. The number of thiol groups is 1. The zero-order chi connectivity index (χ0) is 10.9. The summed E-state index contributed by atoms with van der Waals surface area (Å²) in [6.45, 7) is 3.28. The van der Waals surface area contributed by atoms with Crippen molar-refractivity contribution >= 4 is 18.3 Å². The van der Waals surface area contributed by atoms with Gasteiger partial charge in [-0.25, -0.2) is 0 Å². The molecule has 0 spiro atoms. The molecule has 0 radical (unpaired) electrons. The van der Waals surface area contributed by atoms with Crippen molar-refractivity contribution in [2.45, 2.75) is 19.8 Å². The highest BCUT2D eigenvalue weighted by Crippen LogP contribution is 2.47. The average Bonchev–Trinajstić information content (AvgIpc) is 2.98. The molecule has 1 aromatic rings. The number of nitrogens with zero attached hydrogens (tertiary/aromatic N) is 1. The molecule has 15 heavy (non-hydrogen) atoms. The third-order valence-electron chi connectivity index (χ3n) is 3.31. The van der Waals surface area contributed by atoms with Gasteiger partial charge in [0.25, 0.3) is 0 Å². The van der Waals surface area contributed by atoms with Gasteiger partial charge in [0.2, 0.25) is 0 Å². The van der Waals surface area contributed by atoms with E-state index in [1.165, 1.54) is 24.1 Å². The molecule has 2 heteroatoms. The lowest BCUT2D eigenvalue weighted by Gasteiger charge is -2.24. The third kappa shape index (κ3) is 2.49. The zero-order valence-corrected chi connectivity index (χ0v) is 10.4. The van der Waals surface area contributed by atoms with Gasteiger partial charge in [-0.1, -0.05) is 12.1 Å². The van der Waals surface area contributed by atoms with Crippen LogP contribution < -0.4 is 4.90 Å². The van der Waals surface area contributed by atoms with Gasteiger partial charge >= 0.3 is 0 Å². The van der Waals surface area contributed by atoms with E-state index in [0.717, 1.165) is 12.3 Å². The maximum absolute atomic E-state index is 4.44. The van der Waals surface area contributed by atoms with E-state index < -0.39 is 0 Å². The molecule has 0 aliphatic heterocycles. The summed E-state index contributed by atoms with van der Waals surface area (Å²) in [6.07, 6.45) is 2.68. The SMILES string of the molecule is Cc1cccc(N(C)CC2(CS)CC2)c1. The van der Waals surface area contributed by atoms with Crippen LogP contribution in [-0.4, -0.2) is 19.3 Å². The van der Waals surface area contributed by atoms with Crippen LogP contribution in [-0.2, 0) is 0 Å². The van der Waals surface area contributed by atoms with E-state index in [1.807, 2.05) is 0 Å². The first kappa shape index (κ1) is 10.9. The second-order valence-electron chi connectivity index (χ2n) is 4.85. The molecule has 2 rings (SSSR count). The van der Waals surface area contributed by atoms with Crippen LogP contribution in [0.3, 0.4) is 0 Å². The van der Waals surface area contributed by atoms with Crippen LogP contribution in [0.5, 0.6) is 0 Å². The number of hydrogen-bond acceptors (Lipinski definition) is 2. The van der Waals surface area contributed by atoms with Gasteiger partial charge in [0.05, 0.1) is 0 Å². The molecule has 1 aromatic carbocycles. The Bertz CT molecular complexity index is 344. The Balaban J connectivity index is 2.04.